The molecule has 0 aliphatic rings. The van der Waals surface area contributed by atoms with E-state index in [-0.39, 0.29) is 11.7 Å². The SMILES string of the molecule is C=CC[C@H](N)c1cccc(-c2c([N+](=O)[O-])cnn2C)n1. The van der Waals surface area contributed by atoms with Crippen molar-refractivity contribution >= 4 is 5.69 Å². The number of aryl methyl sites for hydroxylation is 1. The van der Waals surface area contributed by atoms with Crippen molar-refractivity contribution in [3.8, 4) is 11.4 Å². The molecule has 20 heavy (non-hydrogen) atoms. The van der Waals surface area contributed by atoms with Crippen LogP contribution in [0.3, 0.4) is 0 Å². The summed E-state index contributed by atoms with van der Waals surface area (Å²) in [4.78, 5) is 14.9. The highest BCUT2D eigenvalue weighted by molar-refractivity contribution is 5.66. The maximum absolute atomic E-state index is 11.0. The van der Waals surface area contributed by atoms with Crippen LogP contribution in [0.2, 0.25) is 0 Å². The number of pyridine rings is 1. The van der Waals surface area contributed by atoms with Crippen molar-refractivity contribution in [2.24, 2.45) is 12.8 Å². The monoisotopic (exact) mass is 273 g/mol. The molecule has 0 spiro atoms. The fourth-order valence-electron chi connectivity index (χ4n) is 1.95. The van der Waals surface area contributed by atoms with Gasteiger partial charge in [-0.2, -0.15) is 5.10 Å². The molecule has 0 saturated heterocycles. The summed E-state index contributed by atoms with van der Waals surface area (Å²) in [6, 6.07) is 4.99. The molecule has 0 aliphatic heterocycles. The topological polar surface area (TPSA) is 99.9 Å². The predicted molar refractivity (Wildman–Crippen MR) is 74.8 cm³/mol. The Morgan fingerprint density at radius 1 is 1.60 bits per heavy atom. The van der Waals surface area contributed by atoms with Crippen molar-refractivity contribution in [2.45, 2.75) is 12.5 Å². The van der Waals surface area contributed by atoms with E-state index in [1.165, 1.54) is 10.9 Å². The molecule has 1 atom stereocenters. The number of nitrogens with two attached hydrogens (primary N) is 1. The zero-order valence-corrected chi connectivity index (χ0v) is 11.1. The zero-order chi connectivity index (χ0) is 14.7. The molecule has 2 N–H and O–H groups in total. The smallest absolute Gasteiger partial charge is 0.316 e. The summed E-state index contributed by atoms with van der Waals surface area (Å²) < 4.78 is 1.43. The lowest BCUT2D eigenvalue weighted by molar-refractivity contribution is -0.384. The first-order chi connectivity index (χ1) is 9.54. The lowest BCUT2D eigenvalue weighted by Crippen LogP contribution is -2.11. The maximum Gasteiger partial charge on any atom is 0.316 e. The van der Waals surface area contributed by atoms with Gasteiger partial charge in [0.2, 0.25) is 0 Å². The van der Waals surface area contributed by atoms with Gasteiger partial charge in [-0.05, 0) is 18.6 Å². The van der Waals surface area contributed by atoms with E-state index < -0.39 is 4.92 Å². The minimum absolute atomic E-state index is 0.0746. The fraction of sp³-hybridized carbons (Fsp3) is 0.231. The quantitative estimate of drug-likeness (QED) is 0.510. The highest BCUT2D eigenvalue weighted by Gasteiger charge is 2.22. The van der Waals surface area contributed by atoms with E-state index in [0.717, 1.165) is 0 Å². The number of hydrogen-bond acceptors (Lipinski definition) is 5. The summed E-state index contributed by atoms with van der Waals surface area (Å²) in [7, 11) is 1.64. The number of aromatic nitrogens is 3. The molecule has 0 bridgehead atoms. The van der Waals surface area contributed by atoms with Crippen molar-refractivity contribution in [1.82, 2.24) is 14.8 Å². The average Bonchev–Trinajstić information content (AvgIpc) is 2.81. The van der Waals surface area contributed by atoms with Crippen molar-refractivity contribution in [1.29, 1.82) is 0 Å². The summed E-state index contributed by atoms with van der Waals surface area (Å²) in [5, 5.41) is 14.9. The third-order valence-electron chi connectivity index (χ3n) is 2.93. The molecule has 0 unspecified atom stereocenters. The molecule has 0 aliphatic carbocycles. The van der Waals surface area contributed by atoms with Crippen LogP contribution in [0.25, 0.3) is 11.4 Å². The lowest BCUT2D eigenvalue weighted by atomic mass is 10.1. The van der Waals surface area contributed by atoms with Crippen LogP contribution in [-0.2, 0) is 7.05 Å². The Hall–Kier alpha value is -2.54. The van der Waals surface area contributed by atoms with Gasteiger partial charge in [0.25, 0.3) is 0 Å². The van der Waals surface area contributed by atoms with Gasteiger partial charge in [-0.15, -0.1) is 6.58 Å². The van der Waals surface area contributed by atoms with Crippen LogP contribution in [0.5, 0.6) is 0 Å². The van der Waals surface area contributed by atoms with Crippen LogP contribution in [0, 0.1) is 10.1 Å². The summed E-state index contributed by atoms with van der Waals surface area (Å²) in [5.74, 6) is 0. The molecule has 0 amide bonds. The second kappa shape index (κ2) is 5.62. The van der Waals surface area contributed by atoms with Crippen LogP contribution in [0.1, 0.15) is 18.2 Å². The third kappa shape index (κ3) is 2.57. The molecular formula is C13H15N5O2. The molecule has 2 rings (SSSR count). The third-order valence-corrected chi connectivity index (χ3v) is 2.93. The summed E-state index contributed by atoms with van der Waals surface area (Å²) in [6.07, 6.45) is 3.52. The van der Waals surface area contributed by atoms with E-state index >= 15 is 0 Å². The first kappa shape index (κ1) is 13.9. The van der Waals surface area contributed by atoms with Crippen molar-refractivity contribution < 1.29 is 4.92 Å². The van der Waals surface area contributed by atoms with Crippen LogP contribution < -0.4 is 5.73 Å². The van der Waals surface area contributed by atoms with Gasteiger partial charge in [-0.3, -0.25) is 14.8 Å². The molecular weight excluding hydrogens is 258 g/mol. The molecule has 0 saturated carbocycles. The van der Waals surface area contributed by atoms with E-state index in [0.29, 0.717) is 23.5 Å². The Morgan fingerprint density at radius 2 is 2.35 bits per heavy atom. The van der Waals surface area contributed by atoms with Gasteiger partial charge >= 0.3 is 5.69 Å². The molecule has 2 aromatic heterocycles. The van der Waals surface area contributed by atoms with Crippen LogP contribution in [-0.4, -0.2) is 19.7 Å². The molecule has 2 aromatic rings. The summed E-state index contributed by atoms with van der Waals surface area (Å²) in [5.41, 5.74) is 7.41. The number of nitro groups is 1. The van der Waals surface area contributed by atoms with Gasteiger partial charge in [0.1, 0.15) is 6.20 Å². The molecule has 0 radical (unpaired) electrons. The fourth-order valence-corrected chi connectivity index (χ4v) is 1.95. The predicted octanol–water partition coefficient (Wildman–Crippen LogP) is 1.97. The average molecular weight is 273 g/mol. The molecule has 104 valence electrons. The maximum atomic E-state index is 11.0. The van der Waals surface area contributed by atoms with Gasteiger partial charge < -0.3 is 5.73 Å². The number of rotatable bonds is 5. The highest BCUT2D eigenvalue weighted by Crippen LogP contribution is 2.28. The van der Waals surface area contributed by atoms with E-state index in [9.17, 15) is 10.1 Å². The highest BCUT2D eigenvalue weighted by atomic mass is 16.6. The Bertz CT molecular complexity index is 650. The van der Waals surface area contributed by atoms with E-state index in [2.05, 4.69) is 16.7 Å². The van der Waals surface area contributed by atoms with Crippen molar-refractivity contribution in [3.63, 3.8) is 0 Å². The minimum atomic E-state index is -0.472. The lowest BCUT2D eigenvalue weighted by Gasteiger charge is -2.10. The first-order valence-electron chi connectivity index (χ1n) is 6.04. The molecule has 0 fully saturated rings. The van der Waals surface area contributed by atoms with Gasteiger partial charge in [-0.25, -0.2) is 4.98 Å². The Kier molecular flexibility index (Phi) is 3.90. The van der Waals surface area contributed by atoms with Crippen LogP contribution in [0.4, 0.5) is 5.69 Å². The van der Waals surface area contributed by atoms with Gasteiger partial charge in [0.05, 0.1) is 22.4 Å². The van der Waals surface area contributed by atoms with E-state index in [1.807, 2.05) is 0 Å². The van der Waals surface area contributed by atoms with Gasteiger partial charge in [-0.1, -0.05) is 12.1 Å². The summed E-state index contributed by atoms with van der Waals surface area (Å²) in [6.45, 7) is 3.64. The first-order valence-corrected chi connectivity index (χ1v) is 6.04. The number of hydrogen-bond donors (Lipinski definition) is 1. The Labute approximate surface area is 115 Å². The van der Waals surface area contributed by atoms with Crippen molar-refractivity contribution in [3.05, 3.63) is 52.9 Å². The van der Waals surface area contributed by atoms with E-state index in [1.54, 1.807) is 31.3 Å². The Morgan fingerprint density at radius 3 is 3.00 bits per heavy atom. The zero-order valence-electron chi connectivity index (χ0n) is 11.1. The summed E-state index contributed by atoms with van der Waals surface area (Å²) >= 11 is 0. The second-order valence-electron chi connectivity index (χ2n) is 4.34. The molecule has 2 heterocycles. The molecule has 0 aromatic carbocycles. The van der Waals surface area contributed by atoms with Gasteiger partial charge in [0.15, 0.2) is 5.69 Å². The van der Waals surface area contributed by atoms with Crippen LogP contribution in [0.15, 0.2) is 37.1 Å². The van der Waals surface area contributed by atoms with Gasteiger partial charge in [0, 0.05) is 7.05 Å². The Balaban J connectivity index is 2.48. The van der Waals surface area contributed by atoms with Crippen molar-refractivity contribution in [2.75, 3.05) is 0 Å². The largest absolute Gasteiger partial charge is 0.322 e. The van der Waals surface area contributed by atoms with E-state index in [4.69, 9.17) is 5.73 Å². The molecule has 7 heteroatoms. The minimum Gasteiger partial charge on any atom is -0.322 e. The second-order valence-corrected chi connectivity index (χ2v) is 4.34. The number of nitrogens with zero attached hydrogens (tertiary/aromatic N) is 4. The van der Waals surface area contributed by atoms with Crippen LogP contribution >= 0.6 is 0 Å². The normalized spacial score (nSPS) is 12.1. The standard InChI is InChI=1S/C13H15N5O2/c1-3-5-9(14)10-6-4-7-11(16-10)13-12(18(19)20)8-15-17(13)2/h3-4,6-9H,1,5,14H2,2H3/t9-/m0/s1. The molecule has 7 nitrogen and oxygen atoms in total.